The number of hydrogen-bond acceptors (Lipinski definition) is 3. The summed E-state index contributed by atoms with van der Waals surface area (Å²) in [6.45, 7) is 2.38. The van der Waals surface area contributed by atoms with Crippen molar-refractivity contribution in [3.05, 3.63) is 59.8 Å². The standard InChI is InChI=1S/C23H27N5O2/c24-22(29)16-8-9-21(28-12-4-1-5-13-28)20(14-16)27-23(30)25-11-10-17-15-26-19-7-3-2-6-18(17)19/h2-3,6-9,14-15,26H,1,4-5,10-13H2,(H2,24,29)(H2,25,27,30). The summed E-state index contributed by atoms with van der Waals surface area (Å²) in [4.78, 5) is 29.7. The zero-order valence-corrected chi connectivity index (χ0v) is 16.9. The highest BCUT2D eigenvalue weighted by atomic mass is 16.2. The van der Waals surface area contributed by atoms with E-state index in [0.717, 1.165) is 49.1 Å². The average molecular weight is 406 g/mol. The minimum atomic E-state index is -0.511. The Morgan fingerprint density at radius 2 is 1.87 bits per heavy atom. The highest BCUT2D eigenvalue weighted by Gasteiger charge is 2.17. The second kappa shape index (κ2) is 8.90. The number of piperidine rings is 1. The number of carbonyl (C=O) groups is 2. The number of hydrogen-bond donors (Lipinski definition) is 4. The number of nitrogens with two attached hydrogens (primary N) is 1. The van der Waals surface area contributed by atoms with Crippen molar-refractivity contribution in [1.82, 2.24) is 10.3 Å². The van der Waals surface area contributed by atoms with Crippen molar-refractivity contribution in [2.75, 3.05) is 29.9 Å². The zero-order chi connectivity index (χ0) is 20.9. The summed E-state index contributed by atoms with van der Waals surface area (Å²) < 4.78 is 0. The highest BCUT2D eigenvalue weighted by Crippen LogP contribution is 2.29. The number of anilines is 2. The summed E-state index contributed by atoms with van der Waals surface area (Å²) in [5.41, 5.74) is 9.60. The van der Waals surface area contributed by atoms with Crippen molar-refractivity contribution in [3.8, 4) is 0 Å². The van der Waals surface area contributed by atoms with E-state index < -0.39 is 5.91 Å². The van der Waals surface area contributed by atoms with Crippen molar-refractivity contribution >= 4 is 34.2 Å². The Bertz CT molecular complexity index is 1050. The topological polar surface area (TPSA) is 103 Å². The number of H-pyrrole nitrogens is 1. The second-order valence-corrected chi connectivity index (χ2v) is 7.63. The van der Waals surface area contributed by atoms with E-state index >= 15 is 0 Å². The number of rotatable bonds is 6. The van der Waals surface area contributed by atoms with Crippen LogP contribution in [0.15, 0.2) is 48.7 Å². The second-order valence-electron chi connectivity index (χ2n) is 7.63. The van der Waals surface area contributed by atoms with Gasteiger partial charge in [0.1, 0.15) is 0 Å². The zero-order valence-electron chi connectivity index (χ0n) is 16.9. The van der Waals surface area contributed by atoms with Crippen LogP contribution in [0.4, 0.5) is 16.2 Å². The molecule has 1 aromatic heterocycles. The number of benzene rings is 2. The number of aromatic amines is 1. The molecule has 4 rings (SSSR count). The molecule has 0 atom stereocenters. The van der Waals surface area contributed by atoms with Gasteiger partial charge in [-0.15, -0.1) is 0 Å². The minimum absolute atomic E-state index is 0.297. The molecule has 3 aromatic rings. The fourth-order valence-electron chi connectivity index (χ4n) is 4.02. The molecule has 7 heteroatoms. The number of primary amides is 1. The molecular weight excluding hydrogens is 378 g/mol. The van der Waals surface area contributed by atoms with Gasteiger partial charge in [0.2, 0.25) is 5.91 Å². The molecule has 1 fully saturated rings. The van der Waals surface area contributed by atoms with Gasteiger partial charge in [-0.3, -0.25) is 4.79 Å². The van der Waals surface area contributed by atoms with Gasteiger partial charge < -0.3 is 26.3 Å². The molecule has 1 saturated heterocycles. The van der Waals surface area contributed by atoms with E-state index in [0.29, 0.717) is 17.8 Å². The Morgan fingerprint density at radius 1 is 1.07 bits per heavy atom. The van der Waals surface area contributed by atoms with Crippen LogP contribution in [-0.2, 0) is 6.42 Å². The molecule has 0 aliphatic carbocycles. The third kappa shape index (κ3) is 4.40. The first kappa shape index (κ1) is 19.8. The van der Waals surface area contributed by atoms with Gasteiger partial charge in [-0.25, -0.2) is 4.79 Å². The first-order valence-corrected chi connectivity index (χ1v) is 10.4. The van der Waals surface area contributed by atoms with Gasteiger partial charge in [0.05, 0.1) is 11.4 Å². The molecule has 3 amide bonds. The third-order valence-electron chi connectivity index (χ3n) is 5.58. The van der Waals surface area contributed by atoms with Gasteiger partial charge >= 0.3 is 6.03 Å². The summed E-state index contributed by atoms with van der Waals surface area (Å²) in [6.07, 6.45) is 6.15. The van der Waals surface area contributed by atoms with Crippen LogP contribution in [0.5, 0.6) is 0 Å². The number of carbonyl (C=O) groups excluding carboxylic acids is 2. The average Bonchev–Trinajstić information content (AvgIpc) is 3.17. The van der Waals surface area contributed by atoms with Gasteiger partial charge in [-0.1, -0.05) is 18.2 Å². The molecule has 1 aliphatic heterocycles. The fourth-order valence-corrected chi connectivity index (χ4v) is 4.02. The smallest absolute Gasteiger partial charge is 0.319 e. The predicted octanol–water partition coefficient (Wildman–Crippen LogP) is 3.62. The third-order valence-corrected chi connectivity index (χ3v) is 5.58. The molecule has 5 N–H and O–H groups in total. The Labute approximate surface area is 175 Å². The maximum atomic E-state index is 12.6. The van der Waals surface area contributed by atoms with Crippen LogP contribution >= 0.6 is 0 Å². The van der Waals surface area contributed by atoms with Crippen molar-refractivity contribution in [2.24, 2.45) is 5.73 Å². The molecule has 156 valence electrons. The molecule has 0 saturated carbocycles. The number of urea groups is 1. The van der Waals surface area contributed by atoms with Crippen LogP contribution in [0.3, 0.4) is 0 Å². The SMILES string of the molecule is NC(=O)c1ccc(N2CCCCC2)c(NC(=O)NCCc2c[nH]c3ccccc23)c1. The van der Waals surface area contributed by atoms with Gasteiger partial charge in [0.25, 0.3) is 0 Å². The van der Waals surface area contributed by atoms with Crippen LogP contribution in [0.25, 0.3) is 10.9 Å². The van der Waals surface area contributed by atoms with Crippen LogP contribution in [0.2, 0.25) is 0 Å². The molecule has 0 unspecified atom stereocenters. The fraction of sp³-hybridized carbons (Fsp3) is 0.304. The summed E-state index contributed by atoms with van der Waals surface area (Å²) in [5.74, 6) is -0.511. The predicted molar refractivity (Wildman–Crippen MR) is 120 cm³/mol. The normalized spacial score (nSPS) is 13.9. The molecule has 0 spiro atoms. The van der Waals surface area contributed by atoms with E-state index in [9.17, 15) is 9.59 Å². The largest absolute Gasteiger partial charge is 0.370 e. The lowest BCUT2D eigenvalue weighted by Gasteiger charge is -2.30. The van der Waals surface area contributed by atoms with Gasteiger partial charge in [-0.2, -0.15) is 0 Å². The Hall–Kier alpha value is -3.48. The highest BCUT2D eigenvalue weighted by molar-refractivity contribution is 5.99. The van der Waals surface area contributed by atoms with E-state index in [-0.39, 0.29) is 6.03 Å². The van der Waals surface area contributed by atoms with E-state index in [2.05, 4.69) is 26.6 Å². The maximum absolute atomic E-state index is 12.6. The molecule has 0 radical (unpaired) electrons. The van der Waals surface area contributed by atoms with E-state index in [1.807, 2.05) is 30.5 Å². The van der Waals surface area contributed by atoms with Crippen LogP contribution < -0.4 is 21.3 Å². The number of aromatic nitrogens is 1. The first-order valence-electron chi connectivity index (χ1n) is 10.4. The van der Waals surface area contributed by atoms with Crippen molar-refractivity contribution in [1.29, 1.82) is 0 Å². The molecule has 7 nitrogen and oxygen atoms in total. The molecule has 30 heavy (non-hydrogen) atoms. The lowest BCUT2D eigenvalue weighted by atomic mass is 10.1. The summed E-state index contributed by atoms with van der Waals surface area (Å²) >= 11 is 0. The summed E-state index contributed by atoms with van der Waals surface area (Å²) in [6, 6.07) is 13.1. The van der Waals surface area contributed by atoms with Gasteiger partial charge in [-0.05, 0) is 55.5 Å². The van der Waals surface area contributed by atoms with Crippen LogP contribution in [0.1, 0.15) is 35.2 Å². The number of fused-ring (bicyclic) bond motifs is 1. The van der Waals surface area contributed by atoms with E-state index in [1.54, 1.807) is 12.1 Å². The lowest BCUT2D eigenvalue weighted by molar-refractivity contribution is 0.100. The van der Waals surface area contributed by atoms with E-state index in [1.165, 1.54) is 11.8 Å². The quantitative estimate of drug-likeness (QED) is 0.503. The lowest BCUT2D eigenvalue weighted by Crippen LogP contribution is -2.33. The van der Waals surface area contributed by atoms with Gasteiger partial charge in [0, 0.05) is 42.3 Å². The van der Waals surface area contributed by atoms with Crippen molar-refractivity contribution in [3.63, 3.8) is 0 Å². The Kier molecular flexibility index (Phi) is 5.88. The molecular formula is C23H27N5O2. The molecule has 2 aromatic carbocycles. The molecule has 0 bridgehead atoms. The van der Waals surface area contributed by atoms with Crippen molar-refractivity contribution < 1.29 is 9.59 Å². The number of nitrogens with zero attached hydrogens (tertiary/aromatic N) is 1. The minimum Gasteiger partial charge on any atom is -0.370 e. The molecule has 1 aliphatic rings. The number of para-hydroxylation sites is 1. The Morgan fingerprint density at radius 3 is 2.67 bits per heavy atom. The molecule has 2 heterocycles. The maximum Gasteiger partial charge on any atom is 0.319 e. The van der Waals surface area contributed by atoms with Crippen LogP contribution in [0, 0.1) is 0 Å². The van der Waals surface area contributed by atoms with Gasteiger partial charge in [0.15, 0.2) is 0 Å². The van der Waals surface area contributed by atoms with Crippen molar-refractivity contribution in [2.45, 2.75) is 25.7 Å². The summed E-state index contributed by atoms with van der Waals surface area (Å²) in [5, 5.41) is 7.00. The van der Waals surface area contributed by atoms with E-state index in [4.69, 9.17) is 5.73 Å². The number of nitrogens with one attached hydrogen (secondary N) is 3. The van der Waals surface area contributed by atoms with Crippen LogP contribution in [-0.4, -0.2) is 36.6 Å². The summed E-state index contributed by atoms with van der Waals surface area (Å²) in [7, 11) is 0. The number of amides is 3. The monoisotopic (exact) mass is 405 g/mol. The first-order chi connectivity index (χ1) is 14.6. The Balaban J connectivity index is 1.42.